The van der Waals surface area contributed by atoms with Gasteiger partial charge >= 0.3 is 0 Å². The van der Waals surface area contributed by atoms with Gasteiger partial charge in [-0.25, -0.2) is 14.4 Å². The van der Waals surface area contributed by atoms with Crippen molar-refractivity contribution >= 4 is 17.2 Å². The van der Waals surface area contributed by atoms with E-state index in [0.717, 1.165) is 44.8 Å². The van der Waals surface area contributed by atoms with Crippen LogP contribution in [0.4, 0.5) is 15.9 Å². The third kappa shape index (κ3) is 3.77. The van der Waals surface area contributed by atoms with Gasteiger partial charge in [0.2, 0.25) is 0 Å². The van der Waals surface area contributed by atoms with Gasteiger partial charge in [-0.3, -0.25) is 5.41 Å². The SMILES string of the molecule is CN1CCN(c2cc(C(=N)c3cc(OC4(C)CC4)c(F)cc3N)ncn2)CC1. The summed E-state index contributed by atoms with van der Waals surface area (Å²) in [6.07, 6.45) is 3.24. The Hall–Kier alpha value is -2.74. The van der Waals surface area contributed by atoms with Crippen molar-refractivity contribution in [2.45, 2.75) is 25.4 Å². The van der Waals surface area contributed by atoms with E-state index in [1.54, 1.807) is 6.07 Å². The predicted octanol–water partition coefficient (Wildman–Crippen LogP) is 2.30. The third-order valence-corrected chi connectivity index (χ3v) is 5.42. The van der Waals surface area contributed by atoms with Gasteiger partial charge in [0.15, 0.2) is 11.6 Å². The number of nitrogens with one attached hydrogen (secondary N) is 1. The molecule has 0 spiro atoms. The molecule has 1 aliphatic carbocycles. The van der Waals surface area contributed by atoms with Crippen LogP contribution in [-0.2, 0) is 0 Å². The Balaban J connectivity index is 1.60. The van der Waals surface area contributed by atoms with E-state index in [0.29, 0.717) is 11.3 Å². The van der Waals surface area contributed by atoms with Crippen molar-refractivity contribution < 1.29 is 9.13 Å². The van der Waals surface area contributed by atoms with Crippen molar-refractivity contribution in [1.82, 2.24) is 14.9 Å². The first-order valence-corrected chi connectivity index (χ1v) is 9.47. The van der Waals surface area contributed by atoms with Crippen LogP contribution in [0.15, 0.2) is 24.5 Å². The molecule has 2 fully saturated rings. The van der Waals surface area contributed by atoms with Gasteiger partial charge in [-0.05, 0) is 32.9 Å². The number of rotatable bonds is 5. The lowest BCUT2D eigenvalue weighted by atomic mass is 10.0. The van der Waals surface area contributed by atoms with Crippen LogP contribution in [0.25, 0.3) is 0 Å². The summed E-state index contributed by atoms with van der Waals surface area (Å²) in [4.78, 5) is 13.0. The molecule has 148 valence electrons. The number of hydrogen-bond donors (Lipinski definition) is 2. The van der Waals surface area contributed by atoms with E-state index in [1.165, 1.54) is 18.5 Å². The van der Waals surface area contributed by atoms with Crippen molar-refractivity contribution in [3.63, 3.8) is 0 Å². The fraction of sp³-hybridized carbons (Fsp3) is 0.450. The number of anilines is 2. The molecule has 2 heterocycles. The average Bonchev–Trinajstić information content (AvgIpc) is 3.41. The minimum atomic E-state index is -0.511. The van der Waals surface area contributed by atoms with Crippen LogP contribution in [0.3, 0.4) is 0 Å². The molecule has 0 atom stereocenters. The van der Waals surface area contributed by atoms with Gasteiger partial charge < -0.3 is 20.3 Å². The smallest absolute Gasteiger partial charge is 0.167 e. The largest absolute Gasteiger partial charge is 0.484 e. The van der Waals surface area contributed by atoms with Crippen LogP contribution in [0, 0.1) is 11.2 Å². The number of halogens is 1. The van der Waals surface area contributed by atoms with Gasteiger partial charge in [-0.15, -0.1) is 0 Å². The second-order valence-corrected chi connectivity index (χ2v) is 7.85. The maximum atomic E-state index is 14.3. The maximum absolute atomic E-state index is 14.3. The first-order chi connectivity index (χ1) is 13.3. The van der Waals surface area contributed by atoms with E-state index in [-0.39, 0.29) is 22.7 Å². The molecule has 8 heteroatoms. The fourth-order valence-electron chi connectivity index (χ4n) is 3.24. The first kappa shape index (κ1) is 18.6. The van der Waals surface area contributed by atoms with Crippen LogP contribution in [-0.4, -0.2) is 59.4 Å². The average molecular weight is 384 g/mol. The highest BCUT2D eigenvalue weighted by atomic mass is 19.1. The van der Waals surface area contributed by atoms with Gasteiger partial charge in [0.05, 0.1) is 11.4 Å². The number of ether oxygens (including phenoxy) is 1. The molecule has 1 saturated heterocycles. The van der Waals surface area contributed by atoms with E-state index in [2.05, 4.69) is 26.8 Å². The Labute approximate surface area is 163 Å². The topological polar surface area (TPSA) is 91.4 Å². The maximum Gasteiger partial charge on any atom is 0.167 e. The van der Waals surface area contributed by atoms with Crippen molar-refractivity contribution in [2.24, 2.45) is 0 Å². The van der Waals surface area contributed by atoms with Gasteiger partial charge in [0, 0.05) is 49.6 Å². The minimum absolute atomic E-state index is 0.126. The molecule has 1 saturated carbocycles. The van der Waals surface area contributed by atoms with Crippen LogP contribution in [0.1, 0.15) is 31.0 Å². The monoisotopic (exact) mass is 384 g/mol. The molecule has 1 aromatic carbocycles. The molecule has 3 N–H and O–H groups in total. The highest BCUT2D eigenvalue weighted by molar-refractivity contribution is 6.13. The number of nitrogens with two attached hydrogens (primary N) is 1. The quantitative estimate of drug-likeness (QED) is 0.607. The van der Waals surface area contributed by atoms with E-state index < -0.39 is 5.82 Å². The predicted molar refractivity (Wildman–Crippen MR) is 107 cm³/mol. The minimum Gasteiger partial charge on any atom is -0.484 e. The van der Waals surface area contributed by atoms with Crippen LogP contribution in [0.2, 0.25) is 0 Å². The first-order valence-electron chi connectivity index (χ1n) is 9.47. The number of hydrogen-bond acceptors (Lipinski definition) is 7. The zero-order chi connectivity index (χ0) is 19.9. The summed E-state index contributed by atoms with van der Waals surface area (Å²) in [6, 6.07) is 4.51. The highest BCUT2D eigenvalue weighted by Crippen LogP contribution is 2.41. The van der Waals surface area contributed by atoms with Crippen molar-refractivity contribution in [2.75, 3.05) is 43.9 Å². The molecular formula is C20H25FN6O. The van der Waals surface area contributed by atoms with Crippen LogP contribution in [0.5, 0.6) is 5.75 Å². The zero-order valence-electron chi connectivity index (χ0n) is 16.2. The second-order valence-electron chi connectivity index (χ2n) is 7.85. The van der Waals surface area contributed by atoms with Gasteiger partial charge in [0.25, 0.3) is 0 Å². The summed E-state index contributed by atoms with van der Waals surface area (Å²) in [7, 11) is 2.09. The van der Waals surface area contributed by atoms with Gasteiger partial charge in [-0.2, -0.15) is 0 Å². The molecule has 7 nitrogen and oxygen atoms in total. The summed E-state index contributed by atoms with van der Waals surface area (Å²) in [6.45, 7) is 5.61. The normalized spacial score (nSPS) is 18.8. The molecular weight excluding hydrogens is 359 g/mol. The van der Waals surface area contributed by atoms with Crippen LogP contribution >= 0.6 is 0 Å². The summed E-state index contributed by atoms with van der Waals surface area (Å²) in [5, 5.41) is 8.59. The molecule has 0 radical (unpaired) electrons. The highest BCUT2D eigenvalue weighted by Gasteiger charge is 2.40. The lowest BCUT2D eigenvalue weighted by molar-refractivity contribution is 0.191. The molecule has 0 unspecified atom stereocenters. The number of likely N-dealkylation sites (N-methyl/N-ethyl adjacent to an activating group) is 1. The van der Waals surface area contributed by atoms with E-state index in [1.807, 2.05) is 6.92 Å². The van der Waals surface area contributed by atoms with Gasteiger partial charge in [0.1, 0.15) is 17.7 Å². The Morgan fingerprint density at radius 3 is 2.57 bits per heavy atom. The Morgan fingerprint density at radius 2 is 1.89 bits per heavy atom. The van der Waals surface area contributed by atoms with Crippen LogP contribution < -0.4 is 15.4 Å². The number of nitrogen functional groups attached to an aromatic ring is 1. The summed E-state index contributed by atoms with van der Waals surface area (Å²) >= 11 is 0. The molecule has 1 aromatic heterocycles. The molecule has 2 aromatic rings. The summed E-state index contributed by atoms with van der Waals surface area (Å²) in [5.41, 5.74) is 6.86. The Kier molecular flexibility index (Phi) is 4.66. The molecule has 2 aliphatic rings. The number of nitrogens with zero attached hydrogens (tertiary/aromatic N) is 4. The zero-order valence-corrected chi connectivity index (χ0v) is 16.2. The van der Waals surface area contributed by atoms with E-state index in [4.69, 9.17) is 15.9 Å². The lowest BCUT2D eigenvalue weighted by Gasteiger charge is -2.33. The molecule has 28 heavy (non-hydrogen) atoms. The molecule has 4 rings (SSSR count). The third-order valence-electron chi connectivity index (χ3n) is 5.42. The Bertz CT molecular complexity index is 906. The van der Waals surface area contributed by atoms with E-state index in [9.17, 15) is 4.39 Å². The molecule has 0 bridgehead atoms. The number of piperazine rings is 1. The molecule has 1 aliphatic heterocycles. The lowest BCUT2D eigenvalue weighted by Crippen LogP contribution is -2.44. The molecule has 0 amide bonds. The Morgan fingerprint density at radius 1 is 1.18 bits per heavy atom. The second kappa shape index (κ2) is 7.01. The van der Waals surface area contributed by atoms with E-state index >= 15 is 0 Å². The summed E-state index contributed by atoms with van der Waals surface area (Å²) < 4.78 is 20.1. The summed E-state index contributed by atoms with van der Waals surface area (Å²) in [5.74, 6) is 0.399. The fourth-order valence-corrected chi connectivity index (χ4v) is 3.24. The van der Waals surface area contributed by atoms with Crippen molar-refractivity contribution in [3.05, 3.63) is 41.6 Å². The van der Waals surface area contributed by atoms with Gasteiger partial charge in [-0.1, -0.05) is 0 Å². The standard InChI is InChI=1S/C20H25FN6O/c1-20(3-4-20)28-17-9-13(15(22)10-14(17)21)19(23)16-11-18(25-12-24-16)27-7-5-26(2)6-8-27/h9-12,23H,3-8,22H2,1-2H3. The van der Waals surface area contributed by atoms with Crippen molar-refractivity contribution in [1.29, 1.82) is 5.41 Å². The van der Waals surface area contributed by atoms with Crippen molar-refractivity contribution in [3.8, 4) is 5.75 Å². The number of aromatic nitrogens is 2. The number of benzene rings is 1.